The van der Waals surface area contributed by atoms with Crippen molar-refractivity contribution >= 4 is 0 Å². The zero-order valence-corrected chi connectivity index (χ0v) is 4.67. The van der Waals surface area contributed by atoms with Crippen molar-refractivity contribution in [1.29, 1.82) is 0 Å². The Morgan fingerprint density at radius 3 is 2.75 bits per heavy atom. The molecule has 8 heavy (non-hydrogen) atoms. The lowest BCUT2D eigenvalue weighted by Crippen LogP contribution is -2.18. The molecule has 1 rings (SSSR count). The van der Waals surface area contributed by atoms with Gasteiger partial charge < -0.3 is 11.5 Å². The minimum atomic E-state index is 0.183. The molecule has 0 spiro atoms. The zero-order chi connectivity index (χ0) is 5.98. The van der Waals surface area contributed by atoms with Crippen LogP contribution in [0.3, 0.4) is 0 Å². The highest BCUT2D eigenvalue weighted by molar-refractivity contribution is 5.21. The van der Waals surface area contributed by atoms with Crippen LogP contribution in [0.15, 0.2) is 23.9 Å². The van der Waals surface area contributed by atoms with Crippen LogP contribution >= 0.6 is 0 Å². The number of hydrogen-bond donors (Lipinski definition) is 2. The highest BCUT2D eigenvalue weighted by Crippen LogP contribution is 2.02. The van der Waals surface area contributed by atoms with Gasteiger partial charge in [-0.1, -0.05) is 12.2 Å². The van der Waals surface area contributed by atoms with Gasteiger partial charge in [-0.05, 0) is 12.5 Å². The van der Waals surface area contributed by atoms with E-state index >= 15 is 0 Å². The third kappa shape index (κ3) is 1.10. The number of allylic oxidation sites excluding steroid dienone is 1. The fourth-order valence-electron chi connectivity index (χ4n) is 0.653. The van der Waals surface area contributed by atoms with Crippen LogP contribution < -0.4 is 11.5 Å². The molecule has 1 aliphatic carbocycles. The van der Waals surface area contributed by atoms with Gasteiger partial charge >= 0.3 is 0 Å². The van der Waals surface area contributed by atoms with Crippen LogP contribution in [0.4, 0.5) is 0 Å². The van der Waals surface area contributed by atoms with E-state index in [0.29, 0.717) is 0 Å². The molecule has 1 aliphatic rings. The van der Waals surface area contributed by atoms with Crippen LogP contribution in [0.25, 0.3) is 0 Å². The third-order valence-corrected chi connectivity index (χ3v) is 1.16. The molecule has 0 saturated carbocycles. The Labute approximate surface area is 48.9 Å². The molecule has 0 radical (unpaired) electrons. The van der Waals surface area contributed by atoms with Crippen LogP contribution in [-0.2, 0) is 0 Å². The Hall–Kier alpha value is -0.760. The SMILES string of the molecule is NC1=CCC(N)C=C1. The summed E-state index contributed by atoms with van der Waals surface area (Å²) in [6.45, 7) is 0. The Morgan fingerprint density at radius 1 is 1.62 bits per heavy atom. The van der Waals surface area contributed by atoms with Crippen molar-refractivity contribution in [3.8, 4) is 0 Å². The number of rotatable bonds is 0. The van der Waals surface area contributed by atoms with Crippen molar-refractivity contribution in [2.24, 2.45) is 11.5 Å². The van der Waals surface area contributed by atoms with Gasteiger partial charge in [0.15, 0.2) is 0 Å². The fourth-order valence-corrected chi connectivity index (χ4v) is 0.653. The first kappa shape index (κ1) is 5.38. The summed E-state index contributed by atoms with van der Waals surface area (Å²) < 4.78 is 0. The van der Waals surface area contributed by atoms with Crippen molar-refractivity contribution in [2.45, 2.75) is 12.5 Å². The highest BCUT2D eigenvalue weighted by atomic mass is 14.6. The van der Waals surface area contributed by atoms with Crippen molar-refractivity contribution in [3.05, 3.63) is 23.9 Å². The minimum Gasteiger partial charge on any atom is -0.399 e. The lowest BCUT2D eigenvalue weighted by atomic mass is 10.1. The Balaban J connectivity index is 2.58. The molecule has 1 unspecified atom stereocenters. The van der Waals surface area contributed by atoms with E-state index in [0.717, 1.165) is 12.1 Å². The van der Waals surface area contributed by atoms with Crippen LogP contribution in [-0.4, -0.2) is 6.04 Å². The lowest BCUT2D eigenvalue weighted by molar-refractivity contribution is 0.816. The summed E-state index contributed by atoms with van der Waals surface area (Å²) in [6, 6.07) is 0.183. The monoisotopic (exact) mass is 110 g/mol. The lowest BCUT2D eigenvalue weighted by Gasteiger charge is -2.06. The molecule has 0 heterocycles. The maximum atomic E-state index is 5.51. The highest BCUT2D eigenvalue weighted by Gasteiger charge is 1.98. The van der Waals surface area contributed by atoms with E-state index in [-0.39, 0.29) is 6.04 Å². The fraction of sp³-hybridized carbons (Fsp3) is 0.333. The summed E-state index contributed by atoms with van der Waals surface area (Å²) in [4.78, 5) is 0. The van der Waals surface area contributed by atoms with Crippen LogP contribution in [0.1, 0.15) is 6.42 Å². The molecule has 0 saturated heterocycles. The number of nitrogens with two attached hydrogens (primary N) is 2. The van der Waals surface area contributed by atoms with Gasteiger partial charge in [0.2, 0.25) is 0 Å². The summed E-state index contributed by atoms with van der Waals surface area (Å²) in [7, 11) is 0. The maximum Gasteiger partial charge on any atom is 0.0271 e. The largest absolute Gasteiger partial charge is 0.399 e. The first-order valence-corrected chi connectivity index (χ1v) is 2.68. The zero-order valence-electron chi connectivity index (χ0n) is 4.67. The summed E-state index contributed by atoms with van der Waals surface area (Å²) in [6.07, 6.45) is 6.57. The molecular formula is C6H10N2. The second-order valence-corrected chi connectivity index (χ2v) is 1.96. The molecule has 2 nitrogen and oxygen atoms in total. The first-order valence-electron chi connectivity index (χ1n) is 2.68. The van der Waals surface area contributed by atoms with Gasteiger partial charge in [-0.25, -0.2) is 0 Å². The minimum absolute atomic E-state index is 0.183. The first-order chi connectivity index (χ1) is 3.79. The smallest absolute Gasteiger partial charge is 0.0271 e. The maximum absolute atomic E-state index is 5.51. The van der Waals surface area contributed by atoms with Crippen molar-refractivity contribution in [2.75, 3.05) is 0 Å². The van der Waals surface area contributed by atoms with Crippen molar-refractivity contribution in [1.82, 2.24) is 0 Å². The molecule has 44 valence electrons. The predicted octanol–water partition coefficient (Wildman–Crippen LogP) is 0.116. The Bertz CT molecular complexity index is 135. The van der Waals surface area contributed by atoms with Crippen LogP contribution in [0, 0.1) is 0 Å². The van der Waals surface area contributed by atoms with E-state index in [2.05, 4.69) is 0 Å². The summed E-state index contributed by atoms with van der Waals surface area (Å²) in [5, 5.41) is 0. The normalized spacial score (nSPS) is 27.6. The van der Waals surface area contributed by atoms with E-state index in [1.165, 1.54) is 0 Å². The van der Waals surface area contributed by atoms with Gasteiger partial charge in [0.1, 0.15) is 0 Å². The Morgan fingerprint density at radius 2 is 2.38 bits per heavy atom. The molecular weight excluding hydrogens is 100 g/mol. The van der Waals surface area contributed by atoms with E-state index < -0.39 is 0 Å². The summed E-state index contributed by atoms with van der Waals surface area (Å²) in [5.41, 5.74) is 11.8. The quantitative estimate of drug-likeness (QED) is 0.465. The van der Waals surface area contributed by atoms with E-state index in [9.17, 15) is 0 Å². The van der Waals surface area contributed by atoms with E-state index in [4.69, 9.17) is 11.5 Å². The van der Waals surface area contributed by atoms with Crippen LogP contribution in [0.2, 0.25) is 0 Å². The van der Waals surface area contributed by atoms with Gasteiger partial charge in [-0.3, -0.25) is 0 Å². The standard InChI is InChI=1S/C6H10N2/c7-5-1-2-6(8)4-3-5/h1-3,6H,4,7-8H2. The van der Waals surface area contributed by atoms with Gasteiger partial charge in [-0.2, -0.15) is 0 Å². The molecule has 1 atom stereocenters. The third-order valence-electron chi connectivity index (χ3n) is 1.16. The molecule has 0 aliphatic heterocycles. The topological polar surface area (TPSA) is 52.0 Å². The molecule has 4 N–H and O–H groups in total. The summed E-state index contributed by atoms with van der Waals surface area (Å²) >= 11 is 0. The van der Waals surface area contributed by atoms with Gasteiger partial charge in [0.25, 0.3) is 0 Å². The second-order valence-electron chi connectivity index (χ2n) is 1.96. The Kier molecular flexibility index (Phi) is 1.35. The molecule has 0 bridgehead atoms. The van der Waals surface area contributed by atoms with E-state index in [1.54, 1.807) is 0 Å². The summed E-state index contributed by atoms with van der Waals surface area (Å²) in [5.74, 6) is 0. The van der Waals surface area contributed by atoms with Crippen molar-refractivity contribution in [3.63, 3.8) is 0 Å². The average Bonchev–Trinajstić information content (AvgIpc) is 1.77. The van der Waals surface area contributed by atoms with Gasteiger partial charge in [-0.15, -0.1) is 0 Å². The van der Waals surface area contributed by atoms with Crippen LogP contribution in [0.5, 0.6) is 0 Å². The molecule has 0 aromatic carbocycles. The second kappa shape index (κ2) is 2.01. The molecule has 0 aromatic heterocycles. The van der Waals surface area contributed by atoms with Gasteiger partial charge in [0.05, 0.1) is 0 Å². The van der Waals surface area contributed by atoms with E-state index in [1.807, 2.05) is 18.2 Å². The predicted molar refractivity (Wildman–Crippen MR) is 34.0 cm³/mol. The molecule has 2 heteroatoms. The molecule has 0 fully saturated rings. The average molecular weight is 110 g/mol. The molecule has 0 aromatic rings. The van der Waals surface area contributed by atoms with Crippen molar-refractivity contribution < 1.29 is 0 Å². The molecule has 0 amide bonds. The number of hydrogen-bond acceptors (Lipinski definition) is 2. The van der Waals surface area contributed by atoms with Gasteiger partial charge in [0, 0.05) is 11.7 Å².